The van der Waals surface area contributed by atoms with Crippen molar-refractivity contribution in [1.82, 2.24) is 20.2 Å². The van der Waals surface area contributed by atoms with Crippen LogP contribution >= 0.6 is 0 Å². The lowest BCUT2D eigenvalue weighted by Gasteiger charge is -2.26. The van der Waals surface area contributed by atoms with Crippen LogP contribution in [0.25, 0.3) is 0 Å². The molecular weight excluding hydrogens is 955 g/mol. The van der Waals surface area contributed by atoms with Crippen LogP contribution in [0.2, 0.25) is 0 Å². The van der Waals surface area contributed by atoms with E-state index in [9.17, 15) is 33.6 Å². The van der Waals surface area contributed by atoms with Gasteiger partial charge < -0.3 is 56.3 Å². The molecule has 3 aromatic carbocycles. The Morgan fingerprint density at radius 2 is 1.20 bits per heavy atom. The highest BCUT2D eigenvalue weighted by Crippen LogP contribution is 2.17. The van der Waals surface area contributed by atoms with Crippen molar-refractivity contribution in [2.24, 2.45) is 23.1 Å². The zero-order valence-electron chi connectivity index (χ0n) is 43.8. The molecule has 0 saturated carbocycles. The lowest BCUT2D eigenvalue weighted by atomic mass is 9.98. The van der Waals surface area contributed by atoms with E-state index in [1.165, 1.54) is 12.5 Å². The molecule has 1 aromatic heterocycles. The number of esters is 4. The normalized spacial score (nSPS) is 13.3. The minimum atomic E-state index is -1.38. The van der Waals surface area contributed by atoms with E-state index in [-0.39, 0.29) is 38.2 Å². The van der Waals surface area contributed by atoms with Crippen molar-refractivity contribution in [3.05, 3.63) is 126 Å². The number of benzene rings is 3. The van der Waals surface area contributed by atoms with Crippen molar-refractivity contribution in [2.45, 2.75) is 155 Å². The summed E-state index contributed by atoms with van der Waals surface area (Å²) in [6.45, 7) is 14.7. The number of carbonyl (C=O) groups excluding carboxylic acids is 7. The smallest absolute Gasteiger partial charge is 0.419 e. The molecule has 74 heavy (non-hydrogen) atoms. The second kappa shape index (κ2) is 30.8. The second-order valence-corrected chi connectivity index (χ2v) is 19.9. The summed E-state index contributed by atoms with van der Waals surface area (Å²) in [5, 5.41) is 5.01. The van der Waals surface area contributed by atoms with Gasteiger partial charge in [0, 0.05) is 25.2 Å². The largest absolute Gasteiger partial charge is 0.461 e. The van der Waals surface area contributed by atoms with Crippen LogP contribution in [0.1, 0.15) is 110 Å². The van der Waals surface area contributed by atoms with Crippen molar-refractivity contribution >= 4 is 42.2 Å². The number of ether oxygens (including phenoxy) is 6. The van der Waals surface area contributed by atoms with Crippen LogP contribution < -0.4 is 27.8 Å². The monoisotopic (exact) mass is 1030 g/mol. The number of nitrogens with two attached hydrogens (primary N) is 3. The summed E-state index contributed by atoms with van der Waals surface area (Å²) in [4.78, 5) is 91.1. The van der Waals surface area contributed by atoms with Crippen molar-refractivity contribution in [2.75, 3.05) is 6.54 Å². The summed E-state index contributed by atoms with van der Waals surface area (Å²) in [7, 11) is 0. The number of imidazole rings is 1. The molecule has 2 amide bonds. The molecule has 5 atom stereocenters. The fourth-order valence-corrected chi connectivity index (χ4v) is 6.68. The van der Waals surface area contributed by atoms with Gasteiger partial charge in [-0.25, -0.2) is 33.5 Å². The molecule has 0 aliphatic rings. The van der Waals surface area contributed by atoms with Crippen LogP contribution in [0.4, 0.5) is 14.4 Å². The standard InChI is InChI=1S/C30H43N5O9.C24H32N2O4/c1-29(2,3)43-27(39)34-23(16-21-17-35(19-33-21)28(40)44-30(4,5)6)25(37)42-24(36)22(31)14-10-11-15-32-26(38)41-18-20-12-8-7-9-13-20;1-17(2)13-20(25)22(15-23(27)29-16-19-11-7-4-8-12-19)30-24(28)21(26)14-18-9-5-3-6-10-18/h7-9,12-13,17,19,22-23H,10-11,14-16,18,31H2,1-6H3,(H,32,38)(H,34,39);3-12,17,20-22H,13-16,25-26H2,1-2H3/t22-,23-;20-,21-,22-/m00/s1. The van der Waals surface area contributed by atoms with Gasteiger partial charge in [-0.15, -0.1) is 0 Å². The molecular formula is C54H75N7O13. The third-order valence-corrected chi connectivity index (χ3v) is 10.3. The molecule has 8 N–H and O–H groups in total. The number of aromatic nitrogens is 2. The quantitative estimate of drug-likeness (QED) is 0.0227. The summed E-state index contributed by atoms with van der Waals surface area (Å²) in [6.07, 6.45) is 1.35. The first-order chi connectivity index (χ1) is 34.9. The average molecular weight is 1030 g/mol. The fourth-order valence-electron chi connectivity index (χ4n) is 6.68. The number of alkyl carbamates (subject to hydrolysis) is 2. The van der Waals surface area contributed by atoms with Gasteiger partial charge in [0.25, 0.3) is 0 Å². The summed E-state index contributed by atoms with van der Waals surface area (Å²) in [6, 6.07) is 24.3. The molecule has 0 bridgehead atoms. The van der Waals surface area contributed by atoms with Crippen LogP contribution in [0.15, 0.2) is 104 Å². The molecule has 404 valence electrons. The number of nitrogens with one attached hydrogen (secondary N) is 2. The lowest BCUT2D eigenvalue weighted by Crippen LogP contribution is -2.47. The Bertz CT molecular complexity index is 2370. The van der Waals surface area contributed by atoms with Crippen LogP contribution in [0.5, 0.6) is 0 Å². The number of hydrogen-bond donors (Lipinski definition) is 5. The van der Waals surface area contributed by atoms with Gasteiger partial charge in [0.1, 0.15) is 55.0 Å². The number of rotatable bonds is 23. The maximum atomic E-state index is 13.0. The number of amides is 2. The SMILES string of the molecule is CC(C)(C)OC(=O)N[C@@H](Cc1cn(C(=O)OC(C)(C)C)cn1)C(=O)OC(=O)[C@@H](N)CCCCNC(=O)OCc1ccccc1.CC(C)C[C@H](N)[C@H](CC(=O)OCc1ccccc1)OC(=O)[C@@H](N)Cc1ccccc1. The number of unbranched alkanes of at least 4 members (excludes halogenated alkanes) is 1. The van der Waals surface area contributed by atoms with Crippen molar-refractivity contribution < 1.29 is 62.0 Å². The van der Waals surface area contributed by atoms with Gasteiger partial charge in [0.2, 0.25) is 0 Å². The first-order valence-electron chi connectivity index (χ1n) is 24.5. The fraction of sp³-hybridized carbons (Fsp3) is 0.481. The zero-order chi connectivity index (χ0) is 54.8. The molecule has 1 heterocycles. The number of nitrogens with zero attached hydrogens (tertiary/aromatic N) is 2. The van der Waals surface area contributed by atoms with Crippen LogP contribution in [-0.4, -0.2) is 99.7 Å². The third-order valence-electron chi connectivity index (χ3n) is 10.3. The Morgan fingerprint density at radius 1 is 0.649 bits per heavy atom. The maximum Gasteiger partial charge on any atom is 0.419 e. The zero-order valence-corrected chi connectivity index (χ0v) is 43.8. The van der Waals surface area contributed by atoms with Crippen molar-refractivity contribution in [3.63, 3.8) is 0 Å². The minimum absolute atomic E-state index is 0.107. The molecule has 4 aromatic rings. The van der Waals surface area contributed by atoms with Crippen LogP contribution in [-0.2, 0) is 73.7 Å². The summed E-state index contributed by atoms with van der Waals surface area (Å²) in [5.74, 6) is -2.81. The minimum Gasteiger partial charge on any atom is -0.461 e. The van der Waals surface area contributed by atoms with E-state index in [1.54, 1.807) is 41.5 Å². The Hall–Kier alpha value is -7.16. The Labute approximate surface area is 433 Å². The predicted molar refractivity (Wildman–Crippen MR) is 275 cm³/mol. The Balaban J connectivity index is 0.000000419. The Kier molecular flexibility index (Phi) is 25.4. The van der Waals surface area contributed by atoms with E-state index >= 15 is 0 Å². The van der Waals surface area contributed by atoms with Gasteiger partial charge >= 0.3 is 42.2 Å². The van der Waals surface area contributed by atoms with Crippen molar-refractivity contribution in [3.8, 4) is 0 Å². The molecule has 0 unspecified atom stereocenters. The molecule has 0 radical (unpaired) electrons. The molecule has 0 fully saturated rings. The third kappa shape index (κ3) is 25.5. The van der Waals surface area contributed by atoms with Gasteiger partial charge in [-0.1, -0.05) is 105 Å². The molecule has 0 spiro atoms. The Morgan fingerprint density at radius 3 is 1.76 bits per heavy atom. The van der Waals surface area contributed by atoms with E-state index < -0.39 is 83.6 Å². The highest BCUT2D eigenvalue weighted by atomic mass is 16.6. The van der Waals surface area contributed by atoms with Gasteiger partial charge in [0.15, 0.2) is 0 Å². The first kappa shape index (κ1) is 61.1. The van der Waals surface area contributed by atoms with E-state index in [0.717, 1.165) is 21.3 Å². The van der Waals surface area contributed by atoms with E-state index in [2.05, 4.69) is 15.6 Å². The van der Waals surface area contributed by atoms with Gasteiger partial charge in [-0.3, -0.25) is 9.59 Å². The van der Waals surface area contributed by atoms with E-state index in [1.807, 2.05) is 105 Å². The first-order valence-corrected chi connectivity index (χ1v) is 24.5. The van der Waals surface area contributed by atoms with Crippen LogP contribution in [0, 0.1) is 5.92 Å². The average Bonchev–Trinajstić information content (AvgIpc) is 3.81. The highest BCUT2D eigenvalue weighted by Gasteiger charge is 2.31. The molecule has 0 saturated heterocycles. The van der Waals surface area contributed by atoms with Crippen LogP contribution in [0.3, 0.4) is 0 Å². The topological polar surface area (TPSA) is 295 Å². The van der Waals surface area contributed by atoms with Gasteiger partial charge in [-0.05, 0) is 96.3 Å². The maximum absolute atomic E-state index is 13.0. The number of carbonyl (C=O) groups is 7. The van der Waals surface area contributed by atoms with Gasteiger partial charge in [0.05, 0.1) is 12.1 Å². The summed E-state index contributed by atoms with van der Waals surface area (Å²) < 4.78 is 32.6. The lowest BCUT2D eigenvalue weighted by molar-refractivity contribution is -0.162. The van der Waals surface area contributed by atoms with Gasteiger partial charge in [-0.2, -0.15) is 0 Å². The van der Waals surface area contributed by atoms with Crippen molar-refractivity contribution in [1.29, 1.82) is 0 Å². The molecule has 20 heteroatoms. The van der Waals surface area contributed by atoms with E-state index in [4.69, 9.17) is 45.6 Å². The molecule has 4 rings (SSSR count). The summed E-state index contributed by atoms with van der Waals surface area (Å²) in [5.41, 5.74) is 19.5. The summed E-state index contributed by atoms with van der Waals surface area (Å²) >= 11 is 0. The highest BCUT2D eigenvalue weighted by molar-refractivity contribution is 5.92. The predicted octanol–water partition coefficient (Wildman–Crippen LogP) is 6.57. The molecule has 0 aliphatic heterocycles. The molecule has 0 aliphatic carbocycles. The van der Waals surface area contributed by atoms with E-state index in [0.29, 0.717) is 38.1 Å². The molecule has 20 nitrogen and oxygen atoms in total. The number of hydrogen-bond acceptors (Lipinski definition) is 17. The second-order valence-electron chi connectivity index (χ2n) is 19.9.